The Labute approximate surface area is 176 Å². The highest BCUT2D eigenvalue weighted by molar-refractivity contribution is 7.92. The van der Waals surface area contributed by atoms with Crippen molar-refractivity contribution in [3.05, 3.63) is 83.9 Å². The summed E-state index contributed by atoms with van der Waals surface area (Å²) in [5, 5.41) is 2.82. The van der Waals surface area contributed by atoms with Crippen LogP contribution in [0.25, 0.3) is 11.1 Å². The zero-order valence-corrected chi connectivity index (χ0v) is 17.7. The van der Waals surface area contributed by atoms with E-state index in [4.69, 9.17) is 0 Å². The summed E-state index contributed by atoms with van der Waals surface area (Å²) in [6, 6.07) is 20.9. The summed E-state index contributed by atoms with van der Waals surface area (Å²) in [5.74, 6) is -0.370. The van der Waals surface area contributed by atoms with Crippen molar-refractivity contribution in [3.8, 4) is 11.1 Å². The van der Waals surface area contributed by atoms with Gasteiger partial charge in [0.05, 0.1) is 17.6 Å². The minimum Gasteiger partial charge on any atom is -0.320 e. The highest BCUT2D eigenvalue weighted by Crippen LogP contribution is 2.32. The zero-order chi connectivity index (χ0) is 21.9. The van der Waals surface area contributed by atoms with Crippen LogP contribution in [0.4, 0.5) is 11.4 Å². The van der Waals surface area contributed by atoms with Gasteiger partial charge in [-0.1, -0.05) is 48.5 Å². The summed E-state index contributed by atoms with van der Waals surface area (Å²) in [5.41, 5.74) is 3.39. The fourth-order valence-electron chi connectivity index (χ4n) is 2.95. The normalized spacial score (nSPS) is 11.0. The third kappa shape index (κ3) is 4.75. The lowest BCUT2D eigenvalue weighted by molar-refractivity contribution is 0.101. The summed E-state index contributed by atoms with van der Waals surface area (Å²) < 4.78 is 25.3. The number of nitrogens with zero attached hydrogens (tertiary/aromatic N) is 1. The third-order valence-electron chi connectivity index (χ3n) is 4.74. The maximum Gasteiger partial charge on any atom is 0.255 e. The molecule has 7 heteroatoms. The molecule has 0 saturated heterocycles. The molecule has 154 valence electrons. The van der Waals surface area contributed by atoms with Crippen LogP contribution in [0.15, 0.2) is 72.8 Å². The molecule has 0 saturated carbocycles. The fraction of sp³-hybridized carbons (Fsp3) is 0.130. The lowest BCUT2D eigenvalue weighted by atomic mass is 10.0. The Kier molecular flexibility index (Phi) is 6.03. The fourth-order valence-corrected chi connectivity index (χ4v) is 3.47. The van der Waals surface area contributed by atoms with Crippen molar-refractivity contribution in [3.63, 3.8) is 0 Å². The quantitative estimate of drug-likeness (QED) is 0.604. The number of anilines is 2. The Bertz CT molecular complexity index is 1190. The topological polar surface area (TPSA) is 83.6 Å². The van der Waals surface area contributed by atoms with Crippen LogP contribution in [0.2, 0.25) is 0 Å². The number of benzene rings is 3. The molecule has 0 aromatic heterocycles. The third-order valence-corrected chi connectivity index (χ3v) is 5.93. The van der Waals surface area contributed by atoms with Crippen LogP contribution in [0.5, 0.6) is 0 Å². The van der Waals surface area contributed by atoms with E-state index in [-0.39, 0.29) is 11.7 Å². The molecular weight excluding hydrogens is 400 g/mol. The van der Waals surface area contributed by atoms with Crippen molar-refractivity contribution in [1.29, 1.82) is 0 Å². The lowest BCUT2D eigenvalue weighted by Crippen LogP contribution is -2.26. The van der Waals surface area contributed by atoms with Crippen molar-refractivity contribution >= 4 is 33.1 Å². The number of hydrogen-bond acceptors (Lipinski definition) is 4. The number of rotatable bonds is 6. The number of nitrogens with one attached hydrogen (secondary N) is 1. The Morgan fingerprint density at radius 3 is 2.00 bits per heavy atom. The summed E-state index contributed by atoms with van der Waals surface area (Å²) >= 11 is 0. The molecule has 0 spiro atoms. The first-order chi connectivity index (χ1) is 14.2. The van der Waals surface area contributed by atoms with Gasteiger partial charge in [0, 0.05) is 18.2 Å². The minimum atomic E-state index is -3.53. The van der Waals surface area contributed by atoms with Crippen LogP contribution in [0.1, 0.15) is 27.6 Å². The Balaban J connectivity index is 2.04. The Morgan fingerprint density at radius 1 is 0.833 bits per heavy atom. The molecule has 0 aliphatic rings. The second kappa shape index (κ2) is 8.51. The molecule has 3 rings (SSSR count). The summed E-state index contributed by atoms with van der Waals surface area (Å²) in [4.78, 5) is 24.2. The van der Waals surface area contributed by atoms with Crippen LogP contribution in [0.3, 0.4) is 0 Å². The minimum absolute atomic E-state index is 0.0255. The molecule has 0 bridgehead atoms. The predicted molar refractivity (Wildman–Crippen MR) is 120 cm³/mol. The number of carbonyl (C=O) groups excluding carboxylic acids is 2. The van der Waals surface area contributed by atoms with E-state index in [0.29, 0.717) is 22.5 Å². The van der Waals surface area contributed by atoms with E-state index in [1.54, 1.807) is 54.6 Å². The molecule has 1 amide bonds. The summed E-state index contributed by atoms with van der Waals surface area (Å²) in [6.45, 7) is 1.50. The van der Waals surface area contributed by atoms with Gasteiger partial charge in [-0.05, 0) is 42.3 Å². The highest BCUT2D eigenvalue weighted by atomic mass is 32.2. The van der Waals surface area contributed by atoms with E-state index >= 15 is 0 Å². The van der Waals surface area contributed by atoms with Gasteiger partial charge in [0.1, 0.15) is 0 Å². The molecule has 1 N–H and O–H groups in total. The van der Waals surface area contributed by atoms with Gasteiger partial charge in [0.15, 0.2) is 5.78 Å². The van der Waals surface area contributed by atoms with Gasteiger partial charge < -0.3 is 5.32 Å². The first kappa shape index (κ1) is 21.3. The SMILES string of the molecule is CC(=O)c1ccc(-c2ccc(N(C)S(C)(=O)=O)c(NC(=O)c3ccccc3)c2)cc1. The van der Waals surface area contributed by atoms with E-state index in [0.717, 1.165) is 21.7 Å². The molecule has 0 aliphatic heterocycles. The van der Waals surface area contributed by atoms with Gasteiger partial charge in [0.2, 0.25) is 10.0 Å². The van der Waals surface area contributed by atoms with Crippen LogP contribution < -0.4 is 9.62 Å². The highest BCUT2D eigenvalue weighted by Gasteiger charge is 2.18. The van der Waals surface area contributed by atoms with Gasteiger partial charge in [-0.25, -0.2) is 8.42 Å². The van der Waals surface area contributed by atoms with Crippen molar-refractivity contribution in [1.82, 2.24) is 0 Å². The number of amides is 1. The monoisotopic (exact) mass is 422 g/mol. The first-order valence-electron chi connectivity index (χ1n) is 9.22. The average Bonchev–Trinajstić information content (AvgIpc) is 2.73. The van der Waals surface area contributed by atoms with Gasteiger partial charge in [-0.3, -0.25) is 13.9 Å². The Morgan fingerprint density at radius 2 is 1.43 bits per heavy atom. The van der Waals surface area contributed by atoms with Crippen LogP contribution in [-0.2, 0) is 10.0 Å². The number of carbonyl (C=O) groups is 2. The van der Waals surface area contributed by atoms with E-state index < -0.39 is 10.0 Å². The summed E-state index contributed by atoms with van der Waals surface area (Å²) in [7, 11) is -2.09. The molecular formula is C23H22N2O4S. The second-order valence-electron chi connectivity index (χ2n) is 6.92. The number of Topliss-reactive ketones (excluding diaryl/α,β-unsaturated/α-hetero) is 1. The van der Waals surface area contributed by atoms with Crippen LogP contribution in [-0.4, -0.2) is 33.4 Å². The lowest BCUT2D eigenvalue weighted by Gasteiger charge is -2.21. The maximum absolute atomic E-state index is 12.7. The second-order valence-corrected chi connectivity index (χ2v) is 8.93. The maximum atomic E-state index is 12.7. The molecule has 0 fully saturated rings. The number of sulfonamides is 1. The predicted octanol–water partition coefficient (Wildman–Crippen LogP) is 4.20. The molecule has 30 heavy (non-hydrogen) atoms. The van der Waals surface area contributed by atoms with Crippen molar-refractivity contribution < 1.29 is 18.0 Å². The molecule has 3 aromatic rings. The molecule has 0 unspecified atom stereocenters. The largest absolute Gasteiger partial charge is 0.320 e. The smallest absolute Gasteiger partial charge is 0.255 e. The van der Waals surface area contributed by atoms with Gasteiger partial charge in [-0.2, -0.15) is 0 Å². The summed E-state index contributed by atoms with van der Waals surface area (Å²) in [6.07, 6.45) is 1.10. The van der Waals surface area contributed by atoms with Gasteiger partial charge in [0.25, 0.3) is 5.91 Å². The zero-order valence-electron chi connectivity index (χ0n) is 16.9. The first-order valence-corrected chi connectivity index (χ1v) is 11.1. The molecule has 0 radical (unpaired) electrons. The van der Waals surface area contributed by atoms with Crippen LogP contribution >= 0.6 is 0 Å². The molecule has 3 aromatic carbocycles. The average molecular weight is 423 g/mol. The van der Waals surface area contributed by atoms with Crippen molar-refractivity contribution in [2.24, 2.45) is 0 Å². The van der Waals surface area contributed by atoms with Gasteiger partial charge in [-0.15, -0.1) is 0 Å². The molecule has 0 heterocycles. The molecule has 0 aliphatic carbocycles. The van der Waals surface area contributed by atoms with E-state index in [2.05, 4.69) is 5.32 Å². The van der Waals surface area contributed by atoms with Crippen LogP contribution in [0, 0.1) is 0 Å². The van der Waals surface area contributed by atoms with E-state index in [1.165, 1.54) is 14.0 Å². The number of hydrogen-bond donors (Lipinski definition) is 1. The Hall–Kier alpha value is -3.45. The van der Waals surface area contributed by atoms with E-state index in [9.17, 15) is 18.0 Å². The molecule has 6 nitrogen and oxygen atoms in total. The molecule has 0 atom stereocenters. The van der Waals surface area contributed by atoms with Crippen molar-refractivity contribution in [2.75, 3.05) is 22.9 Å². The van der Waals surface area contributed by atoms with E-state index in [1.807, 2.05) is 18.2 Å². The van der Waals surface area contributed by atoms with Crippen molar-refractivity contribution in [2.45, 2.75) is 6.92 Å². The number of ketones is 1. The van der Waals surface area contributed by atoms with Gasteiger partial charge >= 0.3 is 0 Å². The standard InChI is InChI=1S/C23H22N2O4S/c1-16(26)17-9-11-18(12-10-17)20-13-14-22(25(2)30(3,28)29)21(15-20)24-23(27)19-7-5-4-6-8-19/h4-15H,1-3H3,(H,24,27).